The van der Waals surface area contributed by atoms with Crippen molar-refractivity contribution in [1.82, 2.24) is 9.80 Å². The molecule has 2 aliphatic rings. The van der Waals surface area contributed by atoms with Gasteiger partial charge in [-0.25, -0.2) is 4.79 Å². The second-order valence-electron chi connectivity index (χ2n) is 5.84. The van der Waals surface area contributed by atoms with Crippen molar-refractivity contribution in [2.24, 2.45) is 0 Å². The van der Waals surface area contributed by atoms with Gasteiger partial charge in [-0.15, -0.1) is 0 Å². The van der Waals surface area contributed by atoms with Crippen LogP contribution < -0.4 is 10.1 Å². The zero-order chi connectivity index (χ0) is 17.5. The molecule has 2 fully saturated rings. The van der Waals surface area contributed by atoms with Gasteiger partial charge in [0.15, 0.2) is 6.61 Å². The number of anilines is 1. The first kappa shape index (κ1) is 17.9. The topological polar surface area (TPSA) is 71.1 Å². The number of rotatable bonds is 4. The van der Waals surface area contributed by atoms with Crippen molar-refractivity contribution >= 4 is 29.4 Å². The van der Waals surface area contributed by atoms with E-state index in [-0.39, 0.29) is 18.5 Å². The van der Waals surface area contributed by atoms with Crippen LogP contribution in [0, 0.1) is 0 Å². The van der Waals surface area contributed by atoms with E-state index in [0.717, 1.165) is 30.3 Å². The number of hydrogen-bond acceptors (Lipinski definition) is 5. The van der Waals surface area contributed by atoms with Gasteiger partial charge in [-0.3, -0.25) is 4.79 Å². The molecule has 1 N–H and O–H groups in total. The van der Waals surface area contributed by atoms with Gasteiger partial charge >= 0.3 is 6.03 Å². The van der Waals surface area contributed by atoms with Crippen molar-refractivity contribution in [2.75, 3.05) is 62.8 Å². The van der Waals surface area contributed by atoms with Crippen LogP contribution in [-0.4, -0.2) is 79.2 Å². The zero-order valence-electron chi connectivity index (χ0n) is 14.1. The summed E-state index contributed by atoms with van der Waals surface area (Å²) in [6, 6.07) is 7.01. The average Bonchev–Trinajstić information content (AvgIpc) is 2.68. The highest BCUT2D eigenvalue weighted by Crippen LogP contribution is 2.17. The molecule has 2 heterocycles. The van der Waals surface area contributed by atoms with E-state index in [0.29, 0.717) is 32.1 Å². The summed E-state index contributed by atoms with van der Waals surface area (Å²) < 4.78 is 10.8. The Morgan fingerprint density at radius 2 is 1.72 bits per heavy atom. The summed E-state index contributed by atoms with van der Waals surface area (Å²) in [5, 5.41) is 2.89. The number of amides is 3. The molecular weight excluding hydrogens is 342 g/mol. The van der Waals surface area contributed by atoms with Crippen molar-refractivity contribution < 1.29 is 19.1 Å². The summed E-state index contributed by atoms with van der Waals surface area (Å²) in [6.07, 6.45) is 0. The lowest BCUT2D eigenvalue weighted by molar-refractivity contribution is -0.137. The molecule has 0 aromatic heterocycles. The number of ether oxygens (including phenoxy) is 2. The number of nitrogens with zero attached hydrogens (tertiary/aromatic N) is 2. The van der Waals surface area contributed by atoms with E-state index >= 15 is 0 Å². The van der Waals surface area contributed by atoms with E-state index in [4.69, 9.17) is 9.47 Å². The first-order valence-electron chi connectivity index (χ1n) is 8.44. The zero-order valence-corrected chi connectivity index (χ0v) is 14.9. The lowest BCUT2D eigenvalue weighted by Crippen LogP contribution is -2.42. The third-order valence-corrected chi connectivity index (χ3v) is 5.07. The molecule has 0 aliphatic carbocycles. The molecular formula is C17H23N3O4S. The number of hydrogen-bond donors (Lipinski definition) is 1. The fourth-order valence-electron chi connectivity index (χ4n) is 2.65. The number of urea groups is 1. The number of carbonyl (C=O) groups excluding carboxylic acids is 2. The Morgan fingerprint density at radius 1 is 1.04 bits per heavy atom. The predicted molar refractivity (Wildman–Crippen MR) is 97.3 cm³/mol. The fraction of sp³-hybridized carbons (Fsp3) is 0.529. The summed E-state index contributed by atoms with van der Waals surface area (Å²) in [4.78, 5) is 27.8. The molecule has 1 aromatic rings. The van der Waals surface area contributed by atoms with Gasteiger partial charge in [0.1, 0.15) is 5.75 Å². The van der Waals surface area contributed by atoms with Crippen LogP contribution in [0.3, 0.4) is 0 Å². The van der Waals surface area contributed by atoms with Gasteiger partial charge in [-0.1, -0.05) is 0 Å². The molecule has 0 unspecified atom stereocenters. The van der Waals surface area contributed by atoms with Crippen LogP contribution >= 0.6 is 11.8 Å². The number of nitrogens with one attached hydrogen (secondary N) is 1. The maximum Gasteiger partial charge on any atom is 0.321 e. The molecule has 25 heavy (non-hydrogen) atoms. The molecule has 0 spiro atoms. The summed E-state index contributed by atoms with van der Waals surface area (Å²) in [6.45, 7) is 3.95. The summed E-state index contributed by atoms with van der Waals surface area (Å²) in [5.41, 5.74) is 0.718. The second-order valence-corrected chi connectivity index (χ2v) is 7.06. The van der Waals surface area contributed by atoms with E-state index in [1.165, 1.54) is 0 Å². The SMILES string of the molecule is O=C(COc1ccc(NC(=O)N2CCSCC2)cc1)N1CCOCC1. The Labute approximate surface area is 151 Å². The van der Waals surface area contributed by atoms with E-state index in [9.17, 15) is 9.59 Å². The first-order valence-corrected chi connectivity index (χ1v) is 9.60. The molecule has 2 aliphatic heterocycles. The molecule has 8 heteroatoms. The largest absolute Gasteiger partial charge is 0.484 e. The minimum Gasteiger partial charge on any atom is -0.484 e. The quantitative estimate of drug-likeness (QED) is 0.876. The van der Waals surface area contributed by atoms with Crippen molar-refractivity contribution in [3.8, 4) is 5.75 Å². The van der Waals surface area contributed by atoms with Gasteiger partial charge in [0.2, 0.25) is 0 Å². The second kappa shape index (κ2) is 8.96. The van der Waals surface area contributed by atoms with Crippen LogP contribution in [0.1, 0.15) is 0 Å². The van der Waals surface area contributed by atoms with Crippen molar-refractivity contribution in [3.63, 3.8) is 0 Å². The minimum absolute atomic E-state index is 0.0111. The molecule has 0 bridgehead atoms. The van der Waals surface area contributed by atoms with Crippen molar-refractivity contribution in [3.05, 3.63) is 24.3 Å². The third kappa shape index (κ3) is 5.27. The van der Waals surface area contributed by atoms with E-state index in [2.05, 4.69) is 5.32 Å². The van der Waals surface area contributed by atoms with Crippen LogP contribution in [0.4, 0.5) is 10.5 Å². The standard InChI is InChI=1S/C17H23N3O4S/c21-16(19-5-9-23-10-6-19)13-24-15-3-1-14(2-4-15)18-17(22)20-7-11-25-12-8-20/h1-4H,5-13H2,(H,18,22). The number of morpholine rings is 1. The van der Waals surface area contributed by atoms with Crippen LogP contribution in [0.25, 0.3) is 0 Å². The Balaban J connectivity index is 1.45. The minimum atomic E-state index is -0.0727. The Hall–Kier alpha value is -1.93. The predicted octanol–water partition coefficient (Wildman–Crippen LogP) is 1.50. The summed E-state index contributed by atoms with van der Waals surface area (Å²) in [7, 11) is 0. The van der Waals surface area contributed by atoms with E-state index < -0.39 is 0 Å². The lowest BCUT2D eigenvalue weighted by Gasteiger charge is -2.27. The highest BCUT2D eigenvalue weighted by molar-refractivity contribution is 7.99. The molecule has 1 aromatic carbocycles. The molecule has 0 saturated carbocycles. The molecule has 0 atom stereocenters. The highest BCUT2D eigenvalue weighted by atomic mass is 32.2. The Kier molecular flexibility index (Phi) is 6.41. The van der Waals surface area contributed by atoms with Gasteiger partial charge in [0, 0.05) is 43.4 Å². The van der Waals surface area contributed by atoms with Gasteiger partial charge in [-0.05, 0) is 24.3 Å². The van der Waals surface area contributed by atoms with E-state index in [1.54, 1.807) is 29.2 Å². The molecule has 7 nitrogen and oxygen atoms in total. The number of carbonyl (C=O) groups is 2. The van der Waals surface area contributed by atoms with Gasteiger partial charge in [0.25, 0.3) is 5.91 Å². The van der Waals surface area contributed by atoms with E-state index in [1.807, 2.05) is 16.7 Å². The maximum absolute atomic E-state index is 12.2. The van der Waals surface area contributed by atoms with Gasteiger partial charge in [-0.2, -0.15) is 11.8 Å². The van der Waals surface area contributed by atoms with Crippen LogP contribution in [0.15, 0.2) is 24.3 Å². The van der Waals surface area contributed by atoms with Crippen LogP contribution in [-0.2, 0) is 9.53 Å². The Morgan fingerprint density at radius 3 is 2.40 bits per heavy atom. The molecule has 2 saturated heterocycles. The van der Waals surface area contributed by atoms with Crippen molar-refractivity contribution in [2.45, 2.75) is 0 Å². The van der Waals surface area contributed by atoms with Crippen molar-refractivity contribution in [1.29, 1.82) is 0 Å². The fourth-order valence-corrected chi connectivity index (χ4v) is 3.56. The highest BCUT2D eigenvalue weighted by Gasteiger charge is 2.18. The maximum atomic E-state index is 12.2. The third-order valence-electron chi connectivity index (χ3n) is 4.13. The lowest BCUT2D eigenvalue weighted by atomic mass is 10.3. The summed E-state index contributed by atoms with van der Waals surface area (Å²) in [5.74, 6) is 2.53. The van der Waals surface area contributed by atoms with Gasteiger partial charge < -0.3 is 24.6 Å². The van der Waals surface area contributed by atoms with Crippen LogP contribution in [0.5, 0.6) is 5.75 Å². The average molecular weight is 365 g/mol. The Bertz CT molecular complexity index is 584. The number of benzene rings is 1. The monoisotopic (exact) mass is 365 g/mol. The molecule has 0 radical (unpaired) electrons. The smallest absolute Gasteiger partial charge is 0.321 e. The van der Waals surface area contributed by atoms with Crippen LogP contribution in [0.2, 0.25) is 0 Å². The number of thioether (sulfide) groups is 1. The van der Waals surface area contributed by atoms with Gasteiger partial charge in [0.05, 0.1) is 13.2 Å². The normalized spacial score (nSPS) is 17.9. The molecule has 3 amide bonds. The first-order chi connectivity index (χ1) is 12.2. The molecule has 3 rings (SSSR count). The molecule has 136 valence electrons. The summed E-state index contributed by atoms with van der Waals surface area (Å²) >= 11 is 1.87.